The lowest BCUT2D eigenvalue weighted by Crippen LogP contribution is -2.43. The normalized spacial score (nSPS) is 12.9. The molecule has 0 unspecified atom stereocenters. The van der Waals surface area contributed by atoms with Gasteiger partial charge in [-0.2, -0.15) is 0 Å². The highest BCUT2D eigenvalue weighted by molar-refractivity contribution is 5.91. The summed E-state index contributed by atoms with van der Waals surface area (Å²) >= 11 is 0. The van der Waals surface area contributed by atoms with Crippen molar-refractivity contribution in [2.75, 3.05) is 23.8 Å². The van der Waals surface area contributed by atoms with Crippen LogP contribution < -0.4 is 25.4 Å². The number of ether oxygens (including phenoxy) is 2. The molecule has 142 valence electrons. The lowest BCUT2D eigenvalue weighted by Gasteiger charge is -2.28. The summed E-state index contributed by atoms with van der Waals surface area (Å²) in [6.07, 6.45) is 0. The van der Waals surface area contributed by atoms with E-state index in [0.717, 1.165) is 5.56 Å². The summed E-state index contributed by atoms with van der Waals surface area (Å²) in [7, 11) is 0. The second-order valence-corrected chi connectivity index (χ2v) is 6.82. The summed E-state index contributed by atoms with van der Waals surface area (Å²) in [6.45, 7) is 6.33. The Balaban J connectivity index is 1.64. The zero-order valence-corrected chi connectivity index (χ0v) is 15.6. The van der Waals surface area contributed by atoms with E-state index in [2.05, 4.69) is 16.0 Å². The maximum absolute atomic E-state index is 12.4. The Kier molecular flexibility index (Phi) is 5.21. The van der Waals surface area contributed by atoms with Crippen LogP contribution in [0.5, 0.6) is 11.5 Å². The highest BCUT2D eigenvalue weighted by atomic mass is 16.6. The zero-order valence-electron chi connectivity index (χ0n) is 15.6. The van der Waals surface area contributed by atoms with Crippen molar-refractivity contribution in [1.82, 2.24) is 5.32 Å². The number of benzene rings is 2. The number of amides is 3. The van der Waals surface area contributed by atoms with Crippen LogP contribution >= 0.6 is 0 Å². The fourth-order valence-corrected chi connectivity index (χ4v) is 2.79. The minimum absolute atomic E-state index is 0.144. The molecule has 7 nitrogen and oxygen atoms in total. The number of urea groups is 1. The summed E-state index contributed by atoms with van der Waals surface area (Å²) in [5, 5.41) is 8.43. The average Bonchev–Trinajstić information content (AvgIpc) is 2.62. The summed E-state index contributed by atoms with van der Waals surface area (Å²) in [4.78, 5) is 23.5. The van der Waals surface area contributed by atoms with E-state index in [-0.39, 0.29) is 11.9 Å². The van der Waals surface area contributed by atoms with E-state index in [1.165, 1.54) is 6.92 Å². The molecule has 1 heterocycles. The number of hydrogen-bond acceptors (Lipinski definition) is 4. The quantitative estimate of drug-likeness (QED) is 0.770. The molecule has 27 heavy (non-hydrogen) atoms. The van der Waals surface area contributed by atoms with Gasteiger partial charge in [0.2, 0.25) is 5.91 Å². The van der Waals surface area contributed by atoms with Crippen LogP contribution in [0.25, 0.3) is 0 Å². The molecule has 3 rings (SSSR count). The van der Waals surface area contributed by atoms with Gasteiger partial charge >= 0.3 is 6.03 Å². The van der Waals surface area contributed by atoms with Crippen molar-refractivity contribution < 1.29 is 19.1 Å². The average molecular weight is 369 g/mol. The van der Waals surface area contributed by atoms with Crippen molar-refractivity contribution in [2.45, 2.75) is 26.3 Å². The first-order valence-corrected chi connectivity index (χ1v) is 8.70. The van der Waals surface area contributed by atoms with Gasteiger partial charge in [0.15, 0.2) is 11.5 Å². The van der Waals surface area contributed by atoms with Gasteiger partial charge in [-0.25, -0.2) is 4.79 Å². The van der Waals surface area contributed by atoms with Crippen LogP contribution in [-0.4, -0.2) is 25.2 Å². The van der Waals surface area contributed by atoms with Crippen molar-refractivity contribution in [3.63, 3.8) is 0 Å². The molecule has 3 amide bonds. The Labute approximate surface area is 158 Å². The molecule has 0 radical (unpaired) electrons. The van der Waals surface area contributed by atoms with Gasteiger partial charge < -0.3 is 25.4 Å². The maximum atomic E-state index is 12.4. The summed E-state index contributed by atoms with van der Waals surface area (Å²) in [5.74, 6) is 1.25. The maximum Gasteiger partial charge on any atom is 0.319 e. The Morgan fingerprint density at radius 2 is 1.48 bits per heavy atom. The second kappa shape index (κ2) is 7.57. The topological polar surface area (TPSA) is 88.7 Å². The molecule has 0 bridgehead atoms. The number of hydrogen-bond donors (Lipinski definition) is 3. The van der Waals surface area contributed by atoms with Crippen LogP contribution in [0, 0.1) is 0 Å². The van der Waals surface area contributed by atoms with E-state index in [9.17, 15) is 9.59 Å². The molecule has 7 heteroatoms. The van der Waals surface area contributed by atoms with E-state index in [1.807, 2.05) is 32.0 Å². The molecular weight excluding hydrogens is 346 g/mol. The molecule has 2 aromatic rings. The van der Waals surface area contributed by atoms with Crippen LogP contribution in [-0.2, 0) is 10.3 Å². The largest absolute Gasteiger partial charge is 0.486 e. The predicted molar refractivity (Wildman–Crippen MR) is 103 cm³/mol. The van der Waals surface area contributed by atoms with Gasteiger partial charge in [0.1, 0.15) is 13.2 Å². The van der Waals surface area contributed by atoms with E-state index in [1.54, 1.807) is 24.3 Å². The van der Waals surface area contributed by atoms with Crippen LogP contribution in [0.2, 0.25) is 0 Å². The summed E-state index contributed by atoms with van der Waals surface area (Å²) in [5.41, 5.74) is 1.59. The molecule has 0 fully saturated rings. The Morgan fingerprint density at radius 1 is 0.889 bits per heavy atom. The van der Waals surface area contributed by atoms with Crippen LogP contribution in [0.15, 0.2) is 42.5 Å². The number of carbonyl (C=O) groups excluding carboxylic acids is 2. The van der Waals surface area contributed by atoms with Gasteiger partial charge in [-0.3, -0.25) is 4.79 Å². The molecule has 0 saturated carbocycles. The van der Waals surface area contributed by atoms with Crippen LogP contribution in [0.4, 0.5) is 16.2 Å². The van der Waals surface area contributed by atoms with Gasteiger partial charge in [-0.15, -0.1) is 0 Å². The van der Waals surface area contributed by atoms with Gasteiger partial charge in [-0.1, -0.05) is 6.07 Å². The number of rotatable bonds is 4. The van der Waals surface area contributed by atoms with Crippen molar-refractivity contribution in [2.24, 2.45) is 0 Å². The van der Waals surface area contributed by atoms with Crippen molar-refractivity contribution in [1.29, 1.82) is 0 Å². The van der Waals surface area contributed by atoms with Gasteiger partial charge in [-0.05, 0) is 55.8 Å². The minimum atomic E-state index is -0.615. The fourth-order valence-electron chi connectivity index (χ4n) is 2.79. The first kappa shape index (κ1) is 18.6. The van der Waals surface area contributed by atoms with Crippen molar-refractivity contribution in [3.8, 4) is 11.5 Å². The smallest absolute Gasteiger partial charge is 0.319 e. The molecule has 3 N–H and O–H groups in total. The number of carbonyl (C=O) groups is 2. The third kappa shape index (κ3) is 4.69. The van der Waals surface area contributed by atoms with Gasteiger partial charge in [0.05, 0.1) is 5.54 Å². The molecule has 0 spiro atoms. The summed E-state index contributed by atoms with van der Waals surface area (Å²) < 4.78 is 11.1. The molecular formula is C20H23N3O4. The van der Waals surface area contributed by atoms with E-state index < -0.39 is 5.54 Å². The van der Waals surface area contributed by atoms with Crippen molar-refractivity contribution >= 4 is 23.3 Å². The molecule has 0 atom stereocenters. The molecule has 0 aromatic heterocycles. The number of fused-ring (bicyclic) bond motifs is 1. The molecule has 1 aliphatic rings. The van der Waals surface area contributed by atoms with Crippen LogP contribution in [0.3, 0.4) is 0 Å². The van der Waals surface area contributed by atoms with E-state index >= 15 is 0 Å². The summed E-state index contributed by atoms with van der Waals surface area (Å²) in [6, 6.07) is 12.2. The number of nitrogens with one attached hydrogen (secondary N) is 3. The third-order valence-electron chi connectivity index (χ3n) is 4.15. The lowest BCUT2D eigenvalue weighted by atomic mass is 9.94. The Hall–Kier alpha value is -3.22. The van der Waals surface area contributed by atoms with Gasteiger partial charge in [0.25, 0.3) is 0 Å². The van der Waals surface area contributed by atoms with E-state index in [0.29, 0.717) is 36.1 Å². The molecule has 2 aromatic carbocycles. The predicted octanol–water partition coefficient (Wildman–Crippen LogP) is 3.47. The monoisotopic (exact) mass is 369 g/mol. The molecule has 0 aliphatic carbocycles. The minimum Gasteiger partial charge on any atom is -0.486 e. The Bertz CT molecular complexity index is 847. The molecule has 0 saturated heterocycles. The SMILES string of the molecule is CC(=O)Nc1ccc(NC(=O)NC(C)(C)c2ccc3c(c2)OCCO3)cc1. The van der Waals surface area contributed by atoms with Crippen molar-refractivity contribution in [3.05, 3.63) is 48.0 Å². The lowest BCUT2D eigenvalue weighted by molar-refractivity contribution is -0.114. The second-order valence-electron chi connectivity index (χ2n) is 6.82. The van der Waals surface area contributed by atoms with E-state index in [4.69, 9.17) is 9.47 Å². The standard InChI is InChI=1S/C20H23N3O4/c1-13(24)21-15-5-7-16(8-6-15)22-19(25)23-20(2,3)14-4-9-17-18(12-14)27-11-10-26-17/h4-9,12H,10-11H2,1-3H3,(H,21,24)(H2,22,23,25). The highest BCUT2D eigenvalue weighted by Crippen LogP contribution is 2.34. The first-order valence-electron chi connectivity index (χ1n) is 8.70. The highest BCUT2D eigenvalue weighted by Gasteiger charge is 2.25. The molecule has 1 aliphatic heterocycles. The van der Waals surface area contributed by atoms with Gasteiger partial charge in [0, 0.05) is 18.3 Å². The first-order chi connectivity index (χ1) is 12.8. The fraction of sp³-hybridized carbons (Fsp3) is 0.300. The number of anilines is 2. The van der Waals surface area contributed by atoms with Crippen LogP contribution in [0.1, 0.15) is 26.3 Å². The third-order valence-corrected chi connectivity index (χ3v) is 4.15. The zero-order chi connectivity index (χ0) is 19.4. The Morgan fingerprint density at radius 3 is 2.11 bits per heavy atom.